The van der Waals surface area contributed by atoms with Gasteiger partial charge in [-0.2, -0.15) is 13.2 Å². The van der Waals surface area contributed by atoms with Gasteiger partial charge < -0.3 is 0 Å². The van der Waals surface area contributed by atoms with E-state index in [0.29, 0.717) is 6.07 Å². The SMILES string of the molecule is CC(=O)c1cc([N+](=O)[O-])cc(C(F)(F)F)c1F. The Morgan fingerprint density at radius 2 is 1.88 bits per heavy atom. The van der Waals surface area contributed by atoms with Gasteiger partial charge in [0, 0.05) is 12.1 Å². The molecule has 0 radical (unpaired) electrons. The van der Waals surface area contributed by atoms with Gasteiger partial charge in [-0.25, -0.2) is 4.39 Å². The van der Waals surface area contributed by atoms with Gasteiger partial charge >= 0.3 is 6.18 Å². The molecular formula is C9H5F4NO3. The summed E-state index contributed by atoms with van der Waals surface area (Å²) in [7, 11) is 0. The van der Waals surface area contributed by atoms with Crippen molar-refractivity contribution >= 4 is 11.5 Å². The molecule has 0 aromatic heterocycles. The molecule has 1 aromatic carbocycles. The minimum Gasteiger partial charge on any atom is -0.294 e. The van der Waals surface area contributed by atoms with Crippen LogP contribution in [0.3, 0.4) is 0 Å². The van der Waals surface area contributed by atoms with Gasteiger partial charge in [-0.1, -0.05) is 0 Å². The fourth-order valence-electron chi connectivity index (χ4n) is 1.18. The first kappa shape index (κ1) is 13.1. The van der Waals surface area contributed by atoms with Crippen molar-refractivity contribution in [2.75, 3.05) is 0 Å². The van der Waals surface area contributed by atoms with E-state index in [4.69, 9.17) is 0 Å². The lowest BCUT2D eigenvalue weighted by atomic mass is 10.0. The Morgan fingerprint density at radius 3 is 2.24 bits per heavy atom. The van der Waals surface area contributed by atoms with E-state index in [-0.39, 0.29) is 6.07 Å². The molecule has 0 unspecified atom stereocenters. The first-order valence-corrected chi connectivity index (χ1v) is 4.20. The highest BCUT2D eigenvalue weighted by atomic mass is 19.4. The summed E-state index contributed by atoms with van der Waals surface area (Å²) in [5.74, 6) is -2.81. The van der Waals surface area contributed by atoms with Gasteiger partial charge in [0.1, 0.15) is 5.82 Å². The largest absolute Gasteiger partial charge is 0.419 e. The number of carbonyl (C=O) groups excluding carboxylic acids is 1. The van der Waals surface area contributed by atoms with E-state index in [0.717, 1.165) is 6.92 Å². The summed E-state index contributed by atoms with van der Waals surface area (Å²) in [5, 5.41) is 10.4. The molecule has 0 atom stereocenters. The number of nitrogens with zero attached hydrogens (tertiary/aromatic N) is 1. The Kier molecular flexibility index (Phi) is 3.16. The zero-order valence-corrected chi connectivity index (χ0v) is 8.34. The number of rotatable bonds is 2. The molecule has 0 aliphatic carbocycles. The average Bonchev–Trinajstić information content (AvgIpc) is 2.15. The number of benzene rings is 1. The summed E-state index contributed by atoms with van der Waals surface area (Å²) < 4.78 is 50.4. The summed E-state index contributed by atoms with van der Waals surface area (Å²) in [6.45, 7) is 0.822. The normalized spacial score (nSPS) is 11.4. The second kappa shape index (κ2) is 4.11. The summed E-state index contributed by atoms with van der Waals surface area (Å²) in [5.41, 5.74) is -3.76. The van der Waals surface area contributed by atoms with Crippen LogP contribution in [0.25, 0.3) is 0 Å². The molecule has 0 saturated heterocycles. The molecule has 92 valence electrons. The van der Waals surface area contributed by atoms with Crippen LogP contribution in [-0.2, 0) is 6.18 Å². The molecule has 1 aromatic rings. The Balaban J connectivity index is 3.60. The number of non-ortho nitro benzene ring substituents is 1. The summed E-state index contributed by atoms with van der Waals surface area (Å²) in [4.78, 5) is 20.1. The van der Waals surface area contributed by atoms with Crippen LogP contribution in [0.4, 0.5) is 23.2 Å². The van der Waals surface area contributed by atoms with Crippen LogP contribution in [0.5, 0.6) is 0 Å². The number of Topliss-reactive ketones (excluding diaryl/α,β-unsaturated/α-hetero) is 1. The topological polar surface area (TPSA) is 60.2 Å². The standard InChI is InChI=1S/C9H5F4NO3/c1-4(15)6-2-5(14(16)17)3-7(8(6)10)9(11,12)13/h2-3H,1H3. The number of nitro groups is 1. The number of hydrogen-bond donors (Lipinski definition) is 0. The van der Waals surface area contributed by atoms with Gasteiger partial charge in [0.15, 0.2) is 5.78 Å². The summed E-state index contributed by atoms with van der Waals surface area (Å²) in [6.07, 6.45) is -5.10. The Hall–Kier alpha value is -1.99. The number of alkyl halides is 3. The number of hydrogen-bond acceptors (Lipinski definition) is 3. The minimum atomic E-state index is -5.10. The van der Waals surface area contributed by atoms with E-state index < -0.39 is 39.5 Å². The lowest BCUT2D eigenvalue weighted by Gasteiger charge is -2.09. The van der Waals surface area contributed by atoms with E-state index in [9.17, 15) is 32.5 Å². The molecule has 4 nitrogen and oxygen atoms in total. The molecule has 0 saturated carbocycles. The van der Waals surface area contributed by atoms with Gasteiger partial charge in [0.05, 0.1) is 16.1 Å². The molecule has 0 aliphatic heterocycles. The van der Waals surface area contributed by atoms with Crippen molar-refractivity contribution in [3.63, 3.8) is 0 Å². The molecule has 1 rings (SSSR count). The Labute approximate surface area is 92.0 Å². The molecule has 0 N–H and O–H groups in total. The molecule has 8 heteroatoms. The van der Waals surface area contributed by atoms with Crippen LogP contribution in [0.15, 0.2) is 12.1 Å². The molecule has 0 fully saturated rings. The van der Waals surface area contributed by atoms with Gasteiger partial charge in [-0.15, -0.1) is 0 Å². The van der Waals surface area contributed by atoms with Crippen LogP contribution in [0.2, 0.25) is 0 Å². The second-order valence-corrected chi connectivity index (χ2v) is 3.17. The van der Waals surface area contributed by atoms with Crippen molar-refractivity contribution in [2.24, 2.45) is 0 Å². The number of carbonyl (C=O) groups is 1. The van der Waals surface area contributed by atoms with Gasteiger partial charge in [-0.05, 0) is 6.92 Å². The lowest BCUT2D eigenvalue weighted by Crippen LogP contribution is -2.12. The van der Waals surface area contributed by atoms with Crippen molar-refractivity contribution in [3.8, 4) is 0 Å². The monoisotopic (exact) mass is 251 g/mol. The maximum absolute atomic E-state index is 13.3. The molecule has 0 spiro atoms. The van der Waals surface area contributed by atoms with Crippen molar-refractivity contribution < 1.29 is 27.3 Å². The number of halogens is 4. The minimum absolute atomic E-state index is 0.0573. The number of nitro benzene ring substituents is 1. The summed E-state index contributed by atoms with van der Waals surface area (Å²) >= 11 is 0. The van der Waals surface area contributed by atoms with Crippen LogP contribution in [0.1, 0.15) is 22.8 Å². The molecule has 0 amide bonds. The maximum atomic E-state index is 13.3. The van der Waals surface area contributed by atoms with Crippen molar-refractivity contribution in [2.45, 2.75) is 13.1 Å². The van der Waals surface area contributed by atoms with Crippen LogP contribution >= 0.6 is 0 Å². The van der Waals surface area contributed by atoms with Crippen molar-refractivity contribution in [1.29, 1.82) is 0 Å². The van der Waals surface area contributed by atoms with Crippen molar-refractivity contribution in [1.82, 2.24) is 0 Å². The highest BCUT2D eigenvalue weighted by Crippen LogP contribution is 2.35. The number of ketones is 1. The van der Waals surface area contributed by atoms with Crippen molar-refractivity contribution in [3.05, 3.63) is 39.2 Å². The Bertz CT molecular complexity index is 496. The quantitative estimate of drug-likeness (QED) is 0.351. The van der Waals surface area contributed by atoms with Gasteiger partial charge in [-0.3, -0.25) is 14.9 Å². The van der Waals surface area contributed by atoms with E-state index in [1.165, 1.54) is 0 Å². The lowest BCUT2D eigenvalue weighted by molar-refractivity contribution is -0.385. The summed E-state index contributed by atoms with van der Waals surface area (Å²) in [6, 6.07) is 0.536. The van der Waals surface area contributed by atoms with Crippen LogP contribution < -0.4 is 0 Å². The highest BCUT2D eigenvalue weighted by Gasteiger charge is 2.37. The molecule has 0 aliphatic rings. The van der Waals surface area contributed by atoms with E-state index in [2.05, 4.69) is 0 Å². The van der Waals surface area contributed by atoms with E-state index >= 15 is 0 Å². The Morgan fingerprint density at radius 1 is 1.35 bits per heavy atom. The van der Waals surface area contributed by atoms with Gasteiger partial charge in [0.2, 0.25) is 0 Å². The predicted octanol–water partition coefficient (Wildman–Crippen LogP) is 2.96. The van der Waals surface area contributed by atoms with E-state index in [1.807, 2.05) is 0 Å². The maximum Gasteiger partial charge on any atom is 0.419 e. The van der Waals surface area contributed by atoms with Crippen LogP contribution in [-0.4, -0.2) is 10.7 Å². The second-order valence-electron chi connectivity index (χ2n) is 3.17. The van der Waals surface area contributed by atoms with Gasteiger partial charge in [0.25, 0.3) is 5.69 Å². The van der Waals surface area contributed by atoms with E-state index in [1.54, 1.807) is 0 Å². The third-order valence-electron chi connectivity index (χ3n) is 1.95. The molecule has 17 heavy (non-hydrogen) atoms. The predicted molar refractivity (Wildman–Crippen MR) is 48.1 cm³/mol. The smallest absolute Gasteiger partial charge is 0.294 e. The highest BCUT2D eigenvalue weighted by molar-refractivity contribution is 5.95. The zero-order chi connectivity index (χ0) is 13.4. The molecular weight excluding hydrogens is 246 g/mol. The third kappa shape index (κ3) is 2.58. The first-order chi connectivity index (χ1) is 7.64. The third-order valence-corrected chi connectivity index (χ3v) is 1.95. The molecule has 0 bridgehead atoms. The molecule has 0 heterocycles. The fourth-order valence-corrected chi connectivity index (χ4v) is 1.18. The zero-order valence-electron chi connectivity index (χ0n) is 8.34. The average molecular weight is 251 g/mol. The first-order valence-electron chi connectivity index (χ1n) is 4.20. The van der Waals surface area contributed by atoms with Crippen LogP contribution in [0, 0.1) is 15.9 Å². The fraction of sp³-hybridized carbons (Fsp3) is 0.222.